The van der Waals surface area contributed by atoms with Crippen molar-refractivity contribution in [2.45, 2.75) is 25.0 Å². The number of carbonyl (C=O) groups excluding carboxylic acids is 1. The summed E-state index contributed by atoms with van der Waals surface area (Å²) in [6.07, 6.45) is -1.07. The topological polar surface area (TPSA) is 127 Å². The minimum Gasteiger partial charge on any atom is -0.481 e. The zero-order valence-corrected chi connectivity index (χ0v) is 10.6. The minimum absolute atomic E-state index is 0.126. The van der Waals surface area contributed by atoms with Gasteiger partial charge in [-0.05, 0) is 12.0 Å². The van der Waals surface area contributed by atoms with Crippen molar-refractivity contribution >= 4 is 17.9 Å². The normalized spacial score (nSPS) is 13.2. The molecule has 0 aliphatic carbocycles. The van der Waals surface area contributed by atoms with Crippen molar-refractivity contribution in [2.75, 3.05) is 0 Å². The van der Waals surface area contributed by atoms with Crippen molar-refractivity contribution < 1.29 is 29.3 Å². The second kappa shape index (κ2) is 6.67. The number of benzene rings is 1. The molecule has 1 aromatic rings. The molecule has 108 valence electrons. The first-order valence-electron chi connectivity index (χ1n) is 5.81. The van der Waals surface area contributed by atoms with Crippen LogP contribution < -0.4 is 5.73 Å². The van der Waals surface area contributed by atoms with Gasteiger partial charge in [-0.2, -0.15) is 0 Å². The van der Waals surface area contributed by atoms with Gasteiger partial charge in [-0.3, -0.25) is 4.79 Å². The van der Waals surface area contributed by atoms with Crippen LogP contribution in [-0.4, -0.2) is 33.7 Å². The van der Waals surface area contributed by atoms with Gasteiger partial charge >= 0.3 is 17.9 Å². The maximum Gasteiger partial charge on any atom is 0.338 e. The van der Waals surface area contributed by atoms with Crippen LogP contribution in [0.25, 0.3) is 0 Å². The Hall–Kier alpha value is -2.41. The van der Waals surface area contributed by atoms with Crippen molar-refractivity contribution in [3.8, 4) is 0 Å². The number of aliphatic carboxylic acids is 2. The molecule has 0 bridgehead atoms. The van der Waals surface area contributed by atoms with Crippen molar-refractivity contribution in [2.24, 2.45) is 5.73 Å². The van der Waals surface area contributed by atoms with Crippen molar-refractivity contribution in [3.05, 3.63) is 35.9 Å². The Morgan fingerprint density at radius 1 is 1.15 bits per heavy atom. The molecule has 0 aromatic heterocycles. The first-order valence-corrected chi connectivity index (χ1v) is 5.81. The van der Waals surface area contributed by atoms with Crippen LogP contribution in [0.1, 0.15) is 18.4 Å². The highest BCUT2D eigenvalue weighted by atomic mass is 16.5. The zero-order chi connectivity index (χ0) is 15.2. The van der Waals surface area contributed by atoms with Crippen molar-refractivity contribution in [3.63, 3.8) is 0 Å². The lowest BCUT2D eigenvalue weighted by atomic mass is 9.95. The maximum absolute atomic E-state index is 11.8. The molecule has 0 saturated heterocycles. The summed E-state index contributed by atoms with van der Waals surface area (Å²) < 4.78 is 4.85. The molecule has 0 amide bonds. The van der Waals surface area contributed by atoms with Gasteiger partial charge in [-0.1, -0.05) is 30.3 Å². The molecule has 1 rings (SSSR count). The molecular formula is C13H15NO6. The fourth-order valence-corrected chi connectivity index (χ4v) is 1.45. The van der Waals surface area contributed by atoms with E-state index in [0.717, 1.165) is 0 Å². The van der Waals surface area contributed by atoms with E-state index in [1.54, 1.807) is 30.3 Å². The van der Waals surface area contributed by atoms with E-state index in [1.165, 1.54) is 0 Å². The SMILES string of the molecule is N[C@](CCC(=O)O)(C(=O)O)C(=O)OCc1ccccc1. The molecule has 0 saturated carbocycles. The standard InChI is InChI=1S/C13H15NO6/c14-13(11(17)18,7-6-10(15)16)12(19)20-8-9-4-2-1-3-5-9/h1-5H,6-8,14H2,(H,15,16)(H,17,18)/t13-/m1/s1. The third-order valence-corrected chi connectivity index (χ3v) is 2.69. The molecule has 0 spiro atoms. The number of carboxylic acids is 2. The van der Waals surface area contributed by atoms with E-state index in [-0.39, 0.29) is 6.61 Å². The zero-order valence-electron chi connectivity index (χ0n) is 10.6. The smallest absolute Gasteiger partial charge is 0.338 e. The predicted molar refractivity (Wildman–Crippen MR) is 67.7 cm³/mol. The summed E-state index contributed by atoms with van der Waals surface area (Å²) in [4.78, 5) is 33.3. The second-order valence-electron chi connectivity index (χ2n) is 4.23. The van der Waals surface area contributed by atoms with Gasteiger partial charge in [0.05, 0.1) is 0 Å². The number of hydrogen-bond donors (Lipinski definition) is 3. The predicted octanol–water partition coefficient (Wildman–Crippen LogP) is 0.377. The summed E-state index contributed by atoms with van der Waals surface area (Å²) in [7, 11) is 0. The summed E-state index contributed by atoms with van der Waals surface area (Å²) in [5, 5.41) is 17.5. The average molecular weight is 281 g/mol. The Labute approximate surface area is 115 Å². The number of ether oxygens (including phenoxy) is 1. The first kappa shape index (κ1) is 15.6. The fourth-order valence-electron chi connectivity index (χ4n) is 1.45. The molecule has 0 radical (unpaired) electrons. The molecule has 20 heavy (non-hydrogen) atoms. The van der Waals surface area contributed by atoms with E-state index >= 15 is 0 Å². The monoisotopic (exact) mass is 281 g/mol. The number of hydrogen-bond acceptors (Lipinski definition) is 5. The van der Waals surface area contributed by atoms with Crippen molar-refractivity contribution in [1.29, 1.82) is 0 Å². The highest BCUT2D eigenvalue weighted by molar-refractivity contribution is 6.04. The van der Waals surface area contributed by atoms with Crippen LogP contribution in [0.2, 0.25) is 0 Å². The van der Waals surface area contributed by atoms with E-state index in [2.05, 4.69) is 0 Å². The molecule has 7 nitrogen and oxygen atoms in total. The Morgan fingerprint density at radius 2 is 1.75 bits per heavy atom. The molecule has 4 N–H and O–H groups in total. The number of nitrogens with two attached hydrogens (primary N) is 1. The first-order chi connectivity index (χ1) is 9.36. The molecular weight excluding hydrogens is 266 g/mol. The lowest BCUT2D eigenvalue weighted by molar-refractivity contribution is -0.162. The van der Waals surface area contributed by atoms with Gasteiger partial charge in [0.15, 0.2) is 0 Å². The van der Waals surface area contributed by atoms with Crippen LogP contribution in [0.3, 0.4) is 0 Å². The summed E-state index contributed by atoms with van der Waals surface area (Å²) in [5.74, 6) is -4.01. The van der Waals surface area contributed by atoms with Crippen LogP contribution in [0.5, 0.6) is 0 Å². The molecule has 0 aliphatic heterocycles. The minimum atomic E-state index is -2.35. The Morgan fingerprint density at radius 3 is 2.25 bits per heavy atom. The van der Waals surface area contributed by atoms with Gasteiger partial charge in [0.1, 0.15) is 6.61 Å². The van der Waals surface area contributed by atoms with E-state index in [1.807, 2.05) is 0 Å². The Balaban J connectivity index is 2.69. The van der Waals surface area contributed by atoms with Crippen LogP contribution in [-0.2, 0) is 25.7 Å². The van der Waals surface area contributed by atoms with Crippen molar-refractivity contribution in [1.82, 2.24) is 0 Å². The molecule has 0 aliphatic rings. The second-order valence-corrected chi connectivity index (χ2v) is 4.23. The molecule has 0 unspecified atom stereocenters. The van der Waals surface area contributed by atoms with E-state index in [4.69, 9.17) is 20.7 Å². The molecule has 1 aromatic carbocycles. The van der Waals surface area contributed by atoms with Crippen LogP contribution in [0.15, 0.2) is 30.3 Å². The molecule has 7 heteroatoms. The van der Waals surface area contributed by atoms with Gasteiger partial charge in [0, 0.05) is 6.42 Å². The quantitative estimate of drug-likeness (QED) is 0.487. The lowest BCUT2D eigenvalue weighted by Crippen LogP contribution is -2.56. The summed E-state index contributed by atoms with van der Waals surface area (Å²) in [6, 6.07) is 8.65. The molecule has 1 atom stereocenters. The van der Waals surface area contributed by atoms with Gasteiger partial charge in [-0.25, -0.2) is 9.59 Å². The number of esters is 1. The third kappa shape index (κ3) is 4.06. The van der Waals surface area contributed by atoms with Crippen LogP contribution in [0.4, 0.5) is 0 Å². The summed E-state index contributed by atoms with van der Waals surface area (Å²) in [6.45, 7) is -0.126. The largest absolute Gasteiger partial charge is 0.481 e. The molecule has 0 fully saturated rings. The van der Waals surface area contributed by atoms with Crippen LogP contribution in [0, 0.1) is 0 Å². The number of carboxylic acid groups (broad SMARTS) is 2. The highest BCUT2D eigenvalue weighted by Crippen LogP contribution is 2.14. The summed E-state index contributed by atoms with van der Waals surface area (Å²) in [5.41, 5.74) is 3.78. The van der Waals surface area contributed by atoms with E-state index < -0.39 is 36.3 Å². The Kier molecular flexibility index (Phi) is 5.22. The van der Waals surface area contributed by atoms with E-state index in [9.17, 15) is 14.4 Å². The average Bonchev–Trinajstić information content (AvgIpc) is 2.42. The molecule has 0 heterocycles. The van der Waals surface area contributed by atoms with Gasteiger partial charge < -0.3 is 20.7 Å². The van der Waals surface area contributed by atoms with Gasteiger partial charge in [0.2, 0.25) is 5.54 Å². The third-order valence-electron chi connectivity index (χ3n) is 2.69. The van der Waals surface area contributed by atoms with E-state index in [0.29, 0.717) is 5.56 Å². The van der Waals surface area contributed by atoms with Gasteiger partial charge in [0.25, 0.3) is 0 Å². The summed E-state index contributed by atoms with van der Waals surface area (Å²) >= 11 is 0. The van der Waals surface area contributed by atoms with Crippen LogP contribution >= 0.6 is 0 Å². The Bertz CT molecular complexity index is 501. The maximum atomic E-state index is 11.8. The fraction of sp³-hybridized carbons (Fsp3) is 0.308. The number of carbonyl (C=O) groups is 3. The van der Waals surface area contributed by atoms with Gasteiger partial charge in [-0.15, -0.1) is 0 Å². The lowest BCUT2D eigenvalue weighted by Gasteiger charge is -2.21. The highest BCUT2D eigenvalue weighted by Gasteiger charge is 2.44. The number of rotatable bonds is 7.